The van der Waals surface area contributed by atoms with Gasteiger partial charge in [-0.1, -0.05) is 24.3 Å². The van der Waals surface area contributed by atoms with Crippen LogP contribution in [0.4, 0.5) is 5.69 Å². The molecule has 5 heteroatoms. The van der Waals surface area contributed by atoms with Crippen LogP contribution in [0.25, 0.3) is 34.4 Å². The second-order valence-electron chi connectivity index (χ2n) is 5.77. The third-order valence-electron chi connectivity index (χ3n) is 4.03. The molecule has 0 fully saturated rings. The monoisotopic (exact) mass is 342 g/mol. The average molecular weight is 342 g/mol. The van der Waals surface area contributed by atoms with Gasteiger partial charge in [0, 0.05) is 23.1 Å². The highest BCUT2D eigenvalue weighted by molar-refractivity contribution is 5.80. The van der Waals surface area contributed by atoms with Crippen molar-refractivity contribution >= 4 is 28.7 Å². The number of non-ortho nitro benzene ring substituents is 1. The molecule has 0 amide bonds. The summed E-state index contributed by atoms with van der Waals surface area (Å²) in [6.07, 6.45) is 3.75. The first kappa shape index (κ1) is 15.8. The van der Waals surface area contributed by atoms with Gasteiger partial charge >= 0.3 is 0 Å². The predicted molar refractivity (Wildman–Crippen MR) is 101 cm³/mol. The molecule has 0 bridgehead atoms. The third kappa shape index (κ3) is 3.23. The molecule has 0 unspecified atom stereocenters. The Bertz CT molecular complexity index is 1110. The zero-order valence-electron chi connectivity index (χ0n) is 13.7. The first-order chi connectivity index (χ1) is 12.7. The van der Waals surface area contributed by atoms with Gasteiger partial charge in [-0.3, -0.25) is 10.1 Å². The van der Waals surface area contributed by atoms with Crippen LogP contribution in [0.2, 0.25) is 0 Å². The Balaban J connectivity index is 1.55. The zero-order chi connectivity index (χ0) is 17.9. The SMILES string of the molecule is O=[N+]([O-])c1ccc(-c2ccc(C=Cc3ccc4ccccc4n3)o2)cc1. The van der Waals surface area contributed by atoms with Gasteiger partial charge in [0.15, 0.2) is 0 Å². The zero-order valence-corrected chi connectivity index (χ0v) is 13.7. The van der Waals surface area contributed by atoms with E-state index in [1.807, 2.05) is 60.7 Å². The number of hydrogen-bond donors (Lipinski definition) is 0. The molecule has 0 aliphatic heterocycles. The molecule has 0 radical (unpaired) electrons. The molecule has 0 aliphatic rings. The molecule has 5 nitrogen and oxygen atoms in total. The Labute approximate surface area is 149 Å². The van der Waals surface area contributed by atoms with Crippen LogP contribution in [0.3, 0.4) is 0 Å². The van der Waals surface area contributed by atoms with Gasteiger partial charge in [-0.25, -0.2) is 4.98 Å². The van der Waals surface area contributed by atoms with E-state index >= 15 is 0 Å². The molecule has 0 atom stereocenters. The van der Waals surface area contributed by atoms with E-state index in [9.17, 15) is 10.1 Å². The molecule has 0 saturated carbocycles. The predicted octanol–water partition coefficient (Wildman–Crippen LogP) is 5.57. The van der Waals surface area contributed by atoms with Crippen molar-refractivity contribution < 1.29 is 9.34 Å². The van der Waals surface area contributed by atoms with Crippen molar-refractivity contribution in [2.75, 3.05) is 0 Å². The van der Waals surface area contributed by atoms with E-state index in [4.69, 9.17) is 4.42 Å². The van der Waals surface area contributed by atoms with Crippen LogP contribution in [0.1, 0.15) is 11.5 Å². The molecule has 0 spiro atoms. The molecule has 2 aromatic heterocycles. The summed E-state index contributed by atoms with van der Waals surface area (Å²) >= 11 is 0. The molecule has 4 aromatic rings. The number of fused-ring (bicyclic) bond motifs is 1. The fourth-order valence-electron chi connectivity index (χ4n) is 2.69. The van der Waals surface area contributed by atoms with E-state index in [0.717, 1.165) is 22.2 Å². The van der Waals surface area contributed by atoms with Gasteiger partial charge in [0.05, 0.1) is 16.1 Å². The lowest BCUT2D eigenvalue weighted by Crippen LogP contribution is -1.86. The lowest BCUT2D eigenvalue weighted by atomic mass is 10.1. The summed E-state index contributed by atoms with van der Waals surface area (Å²) in [6, 6.07) is 21.9. The molecule has 126 valence electrons. The molecule has 0 saturated heterocycles. The lowest BCUT2D eigenvalue weighted by Gasteiger charge is -1.98. The molecule has 0 N–H and O–H groups in total. The maximum atomic E-state index is 10.7. The second-order valence-corrected chi connectivity index (χ2v) is 5.77. The largest absolute Gasteiger partial charge is 0.457 e. The number of nitrogens with zero attached hydrogens (tertiary/aromatic N) is 2. The quantitative estimate of drug-likeness (QED) is 0.359. The minimum absolute atomic E-state index is 0.0582. The van der Waals surface area contributed by atoms with Crippen LogP contribution in [0.15, 0.2) is 77.2 Å². The maximum Gasteiger partial charge on any atom is 0.269 e. The highest BCUT2D eigenvalue weighted by atomic mass is 16.6. The minimum atomic E-state index is -0.420. The van der Waals surface area contributed by atoms with E-state index in [2.05, 4.69) is 4.98 Å². The Hall–Kier alpha value is -3.73. The maximum absolute atomic E-state index is 10.7. The van der Waals surface area contributed by atoms with E-state index in [1.165, 1.54) is 12.1 Å². The Kier molecular flexibility index (Phi) is 4.03. The standard InChI is InChI=1S/C21H14N2O3/c24-23(25)18-10-6-16(7-11-18)21-14-13-19(26-21)12-9-17-8-5-15-3-1-2-4-20(15)22-17/h1-14H. The van der Waals surface area contributed by atoms with Crippen molar-refractivity contribution in [3.8, 4) is 11.3 Å². The number of para-hydroxylation sites is 1. The van der Waals surface area contributed by atoms with Gasteiger partial charge in [0.2, 0.25) is 0 Å². The number of aromatic nitrogens is 1. The van der Waals surface area contributed by atoms with E-state index in [-0.39, 0.29) is 5.69 Å². The summed E-state index contributed by atoms with van der Waals surface area (Å²) in [6.45, 7) is 0. The van der Waals surface area contributed by atoms with Crippen LogP contribution < -0.4 is 0 Å². The van der Waals surface area contributed by atoms with Crippen molar-refractivity contribution in [2.45, 2.75) is 0 Å². The van der Waals surface area contributed by atoms with Gasteiger partial charge in [0.25, 0.3) is 5.69 Å². The van der Waals surface area contributed by atoms with Crippen molar-refractivity contribution in [3.05, 3.63) is 94.4 Å². The Morgan fingerprint density at radius 1 is 0.885 bits per heavy atom. The fourth-order valence-corrected chi connectivity index (χ4v) is 2.69. The molecule has 2 aromatic carbocycles. The molecule has 2 heterocycles. The van der Waals surface area contributed by atoms with Crippen molar-refractivity contribution in [1.29, 1.82) is 0 Å². The van der Waals surface area contributed by atoms with Crippen molar-refractivity contribution in [1.82, 2.24) is 4.98 Å². The van der Waals surface area contributed by atoms with Crippen LogP contribution in [-0.2, 0) is 0 Å². The summed E-state index contributed by atoms with van der Waals surface area (Å²) in [4.78, 5) is 14.9. The van der Waals surface area contributed by atoms with Gasteiger partial charge in [0.1, 0.15) is 11.5 Å². The van der Waals surface area contributed by atoms with Gasteiger partial charge in [-0.15, -0.1) is 0 Å². The van der Waals surface area contributed by atoms with Gasteiger partial charge in [-0.2, -0.15) is 0 Å². The highest BCUT2D eigenvalue weighted by Gasteiger charge is 2.07. The summed E-state index contributed by atoms with van der Waals surface area (Å²) in [5, 5.41) is 11.8. The lowest BCUT2D eigenvalue weighted by molar-refractivity contribution is -0.384. The summed E-state index contributed by atoms with van der Waals surface area (Å²) in [7, 11) is 0. The molecule has 26 heavy (non-hydrogen) atoms. The Morgan fingerprint density at radius 3 is 2.50 bits per heavy atom. The number of nitro benzene ring substituents is 1. The number of pyridine rings is 1. The van der Waals surface area contributed by atoms with E-state index < -0.39 is 4.92 Å². The first-order valence-corrected chi connectivity index (χ1v) is 8.07. The topological polar surface area (TPSA) is 69.2 Å². The average Bonchev–Trinajstić information content (AvgIpc) is 3.15. The third-order valence-corrected chi connectivity index (χ3v) is 4.03. The van der Waals surface area contributed by atoms with Crippen LogP contribution >= 0.6 is 0 Å². The smallest absolute Gasteiger partial charge is 0.269 e. The number of benzene rings is 2. The molecular weight excluding hydrogens is 328 g/mol. The molecular formula is C21H14N2O3. The minimum Gasteiger partial charge on any atom is -0.457 e. The Morgan fingerprint density at radius 2 is 1.69 bits per heavy atom. The number of nitro groups is 1. The van der Waals surface area contributed by atoms with Gasteiger partial charge < -0.3 is 4.42 Å². The first-order valence-electron chi connectivity index (χ1n) is 8.07. The summed E-state index contributed by atoms with van der Waals surface area (Å²) in [5.74, 6) is 1.35. The van der Waals surface area contributed by atoms with E-state index in [0.29, 0.717) is 11.5 Å². The molecule has 4 rings (SSSR count). The van der Waals surface area contributed by atoms with Crippen molar-refractivity contribution in [2.24, 2.45) is 0 Å². The van der Waals surface area contributed by atoms with Crippen LogP contribution in [-0.4, -0.2) is 9.91 Å². The van der Waals surface area contributed by atoms with Crippen LogP contribution in [0, 0.1) is 10.1 Å². The van der Waals surface area contributed by atoms with Crippen molar-refractivity contribution in [3.63, 3.8) is 0 Å². The van der Waals surface area contributed by atoms with Crippen LogP contribution in [0.5, 0.6) is 0 Å². The summed E-state index contributed by atoms with van der Waals surface area (Å²) in [5.41, 5.74) is 2.64. The highest BCUT2D eigenvalue weighted by Crippen LogP contribution is 2.25. The fraction of sp³-hybridized carbons (Fsp3) is 0. The van der Waals surface area contributed by atoms with Gasteiger partial charge in [-0.05, 0) is 48.6 Å². The van der Waals surface area contributed by atoms with E-state index in [1.54, 1.807) is 12.1 Å². The number of furan rings is 1. The number of rotatable bonds is 4. The molecule has 0 aliphatic carbocycles. The summed E-state index contributed by atoms with van der Waals surface area (Å²) < 4.78 is 5.79. The number of hydrogen-bond acceptors (Lipinski definition) is 4. The second kappa shape index (κ2) is 6.64. The normalized spacial score (nSPS) is 11.2.